The molecule has 0 aliphatic carbocycles. The van der Waals surface area contributed by atoms with E-state index in [2.05, 4.69) is 10.6 Å². The highest BCUT2D eigenvalue weighted by molar-refractivity contribution is 7.12. The molecule has 0 radical (unpaired) electrons. The summed E-state index contributed by atoms with van der Waals surface area (Å²) in [6, 6.07) is 11.9. The van der Waals surface area contributed by atoms with Crippen LogP contribution in [0.1, 0.15) is 15.2 Å². The lowest BCUT2D eigenvalue weighted by Crippen LogP contribution is -2.48. The van der Waals surface area contributed by atoms with Crippen LogP contribution in [0.3, 0.4) is 0 Å². The molecule has 5 nitrogen and oxygen atoms in total. The van der Waals surface area contributed by atoms with E-state index in [4.69, 9.17) is 0 Å². The van der Waals surface area contributed by atoms with E-state index in [0.29, 0.717) is 11.4 Å². The van der Waals surface area contributed by atoms with Crippen LogP contribution in [0, 0.1) is 0 Å². The standard InChI is InChI=1S/C15H16N2O3S/c18-10-12(17-15(20)13-7-4-8-21-13)14(19)16-9-11-5-2-1-3-6-11/h1-8,12,18H,9-10H2,(H,16,19)(H,17,20)/t12-/m0/s1. The lowest BCUT2D eigenvalue weighted by molar-refractivity contribution is -0.124. The molecule has 110 valence electrons. The maximum atomic E-state index is 12.0. The normalized spacial score (nSPS) is 11.7. The van der Waals surface area contributed by atoms with Gasteiger partial charge in [0.2, 0.25) is 5.91 Å². The lowest BCUT2D eigenvalue weighted by atomic mass is 10.2. The second-order valence-corrected chi connectivity index (χ2v) is 5.34. The molecular formula is C15H16N2O3S. The number of aliphatic hydroxyl groups excluding tert-OH is 1. The van der Waals surface area contributed by atoms with Crippen molar-refractivity contribution >= 4 is 23.2 Å². The quantitative estimate of drug-likeness (QED) is 0.749. The second kappa shape index (κ2) is 7.56. The van der Waals surface area contributed by atoms with E-state index in [9.17, 15) is 14.7 Å². The van der Waals surface area contributed by atoms with Crippen LogP contribution in [0.4, 0.5) is 0 Å². The number of hydrogen-bond donors (Lipinski definition) is 3. The number of carbonyl (C=O) groups excluding carboxylic acids is 2. The maximum Gasteiger partial charge on any atom is 0.262 e. The van der Waals surface area contributed by atoms with Crippen molar-refractivity contribution in [3.63, 3.8) is 0 Å². The number of amides is 2. The summed E-state index contributed by atoms with van der Waals surface area (Å²) in [5.74, 6) is -0.773. The molecule has 2 rings (SSSR count). The summed E-state index contributed by atoms with van der Waals surface area (Å²) in [4.78, 5) is 24.3. The molecule has 0 unspecified atom stereocenters. The van der Waals surface area contributed by atoms with Gasteiger partial charge in [0.05, 0.1) is 11.5 Å². The molecule has 0 spiro atoms. The monoisotopic (exact) mass is 304 g/mol. The van der Waals surface area contributed by atoms with E-state index in [-0.39, 0.29) is 5.91 Å². The zero-order valence-corrected chi connectivity index (χ0v) is 12.1. The van der Waals surface area contributed by atoms with Gasteiger partial charge in [-0.1, -0.05) is 36.4 Å². The van der Waals surface area contributed by atoms with Gasteiger partial charge >= 0.3 is 0 Å². The van der Waals surface area contributed by atoms with Crippen LogP contribution in [0.5, 0.6) is 0 Å². The van der Waals surface area contributed by atoms with Crippen LogP contribution < -0.4 is 10.6 Å². The van der Waals surface area contributed by atoms with E-state index < -0.39 is 18.6 Å². The van der Waals surface area contributed by atoms with Gasteiger partial charge in [-0.25, -0.2) is 0 Å². The van der Waals surface area contributed by atoms with Crippen molar-refractivity contribution in [3.05, 3.63) is 58.3 Å². The van der Waals surface area contributed by atoms with E-state index in [0.717, 1.165) is 5.56 Å². The van der Waals surface area contributed by atoms with Gasteiger partial charge in [0.15, 0.2) is 0 Å². The first-order valence-corrected chi connectivity index (χ1v) is 7.35. The highest BCUT2D eigenvalue weighted by Crippen LogP contribution is 2.08. The molecule has 2 aromatic rings. The first-order chi connectivity index (χ1) is 10.2. The highest BCUT2D eigenvalue weighted by atomic mass is 32.1. The maximum absolute atomic E-state index is 12.0. The van der Waals surface area contributed by atoms with Gasteiger partial charge in [0, 0.05) is 6.54 Å². The predicted molar refractivity (Wildman–Crippen MR) is 80.9 cm³/mol. The average Bonchev–Trinajstić information content (AvgIpc) is 3.05. The Labute approximate surface area is 126 Å². The predicted octanol–water partition coefficient (Wildman–Crippen LogP) is 1.16. The Morgan fingerprint density at radius 2 is 1.90 bits per heavy atom. The fourth-order valence-electron chi connectivity index (χ4n) is 1.74. The second-order valence-electron chi connectivity index (χ2n) is 4.39. The van der Waals surface area contributed by atoms with Gasteiger partial charge in [-0.15, -0.1) is 11.3 Å². The number of benzene rings is 1. The highest BCUT2D eigenvalue weighted by Gasteiger charge is 2.20. The molecule has 0 aliphatic heterocycles. The van der Waals surface area contributed by atoms with Crippen LogP contribution in [-0.4, -0.2) is 29.6 Å². The van der Waals surface area contributed by atoms with Crippen LogP contribution in [0.2, 0.25) is 0 Å². The summed E-state index contributed by atoms with van der Waals surface area (Å²) in [6.45, 7) is -0.0945. The molecule has 0 aliphatic rings. The Bertz CT molecular complexity index is 584. The summed E-state index contributed by atoms with van der Waals surface area (Å²) in [6.07, 6.45) is 0. The van der Waals surface area contributed by atoms with Crippen molar-refractivity contribution in [1.82, 2.24) is 10.6 Å². The number of rotatable bonds is 6. The number of thiophene rings is 1. The van der Waals surface area contributed by atoms with Gasteiger partial charge in [0.25, 0.3) is 5.91 Å². The van der Waals surface area contributed by atoms with Gasteiger partial charge in [-0.05, 0) is 17.0 Å². The molecule has 21 heavy (non-hydrogen) atoms. The molecule has 1 aromatic heterocycles. The summed E-state index contributed by atoms with van der Waals surface area (Å²) >= 11 is 1.28. The molecule has 3 N–H and O–H groups in total. The smallest absolute Gasteiger partial charge is 0.262 e. The summed E-state index contributed by atoms with van der Waals surface area (Å²) < 4.78 is 0. The number of aliphatic hydroxyl groups is 1. The van der Waals surface area contributed by atoms with Crippen LogP contribution in [0.25, 0.3) is 0 Å². The molecule has 1 aromatic carbocycles. The molecular weight excluding hydrogens is 288 g/mol. The van der Waals surface area contributed by atoms with Crippen LogP contribution >= 0.6 is 11.3 Å². The third kappa shape index (κ3) is 4.40. The van der Waals surface area contributed by atoms with Gasteiger partial charge < -0.3 is 15.7 Å². The SMILES string of the molecule is O=C(N[C@@H](CO)C(=O)NCc1ccccc1)c1cccs1. The fourth-order valence-corrected chi connectivity index (χ4v) is 2.37. The molecule has 1 atom stereocenters. The van der Waals surface area contributed by atoms with Crippen LogP contribution in [-0.2, 0) is 11.3 Å². The summed E-state index contributed by atoms with van der Waals surface area (Å²) in [5, 5.41) is 16.2. The third-order valence-corrected chi connectivity index (χ3v) is 3.73. The molecule has 6 heteroatoms. The van der Waals surface area contributed by atoms with Crippen molar-refractivity contribution in [2.45, 2.75) is 12.6 Å². The average molecular weight is 304 g/mol. The van der Waals surface area contributed by atoms with E-state index in [1.807, 2.05) is 30.3 Å². The van der Waals surface area contributed by atoms with Crippen molar-refractivity contribution < 1.29 is 14.7 Å². The minimum atomic E-state index is -0.955. The number of carbonyl (C=O) groups is 2. The number of hydrogen-bond acceptors (Lipinski definition) is 4. The van der Waals surface area contributed by atoms with Gasteiger partial charge in [-0.3, -0.25) is 9.59 Å². The van der Waals surface area contributed by atoms with Crippen molar-refractivity contribution in [1.29, 1.82) is 0 Å². The molecule has 0 saturated carbocycles. The van der Waals surface area contributed by atoms with Gasteiger partial charge in [0.1, 0.15) is 6.04 Å². The van der Waals surface area contributed by atoms with E-state index in [1.165, 1.54) is 11.3 Å². The zero-order valence-electron chi connectivity index (χ0n) is 11.3. The molecule has 0 bridgehead atoms. The summed E-state index contributed by atoms with van der Waals surface area (Å²) in [5.41, 5.74) is 0.951. The Balaban J connectivity index is 1.88. The largest absolute Gasteiger partial charge is 0.394 e. The van der Waals surface area contributed by atoms with E-state index in [1.54, 1.807) is 17.5 Å². The Morgan fingerprint density at radius 3 is 2.52 bits per heavy atom. The minimum Gasteiger partial charge on any atom is -0.394 e. The summed E-state index contributed by atoms with van der Waals surface area (Å²) in [7, 11) is 0. The molecule has 2 amide bonds. The molecule has 1 heterocycles. The fraction of sp³-hybridized carbons (Fsp3) is 0.200. The Kier molecular flexibility index (Phi) is 5.48. The van der Waals surface area contributed by atoms with Crippen molar-refractivity contribution in [2.75, 3.05) is 6.61 Å². The number of nitrogens with one attached hydrogen (secondary N) is 2. The first-order valence-electron chi connectivity index (χ1n) is 6.47. The van der Waals surface area contributed by atoms with Crippen LogP contribution in [0.15, 0.2) is 47.8 Å². The minimum absolute atomic E-state index is 0.352. The Morgan fingerprint density at radius 1 is 1.14 bits per heavy atom. The topological polar surface area (TPSA) is 78.4 Å². The lowest BCUT2D eigenvalue weighted by Gasteiger charge is -2.15. The van der Waals surface area contributed by atoms with Gasteiger partial charge in [-0.2, -0.15) is 0 Å². The first kappa shape index (κ1) is 15.2. The molecule has 0 fully saturated rings. The third-order valence-electron chi connectivity index (χ3n) is 2.86. The van der Waals surface area contributed by atoms with E-state index >= 15 is 0 Å². The molecule has 0 saturated heterocycles. The van der Waals surface area contributed by atoms with Crippen molar-refractivity contribution in [2.24, 2.45) is 0 Å². The Hall–Kier alpha value is -2.18. The van der Waals surface area contributed by atoms with Crippen molar-refractivity contribution in [3.8, 4) is 0 Å². The zero-order chi connectivity index (χ0) is 15.1.